The van der Waals surface area contributed by atoms with Crippen LogP contribution in [0.4, 0.5) is 24.7 Å². The van der Waals surface area contributed by atoms with E-state index in [9.17, 15) is 30.0 Å². The second kappa shape index (κ2) is 13.2. The minimum absolute atomic E-state index is 0.00869. The number of nitrogens with zero attached hydrogens (tertiary/aromatic N) is 3. The van der Waals surface area contributed by atoms with Crippen molar-refractivity contribution in [3.63, 3.8) is 0 Å². The molecule has 10 nitrogen and oxygen atoms in total. The molecule has 1 unspecified atom stereocenters. The number of benzene rings is 2. The van der Waals surface area contributed by atoms with Crippen molar-refractivity contribution in [1.29, 1.82) is 0 Å². The molecule has 228 valence electrons. The highest BCUT2D eigenvalue weighted by Crippen LogP contribution is 2.37. The van der Waals surface area contributed by atoms with Crippen molar-refractivity contribution in [1.82, 2.24) is 20.2 Å². The molecule has 0 saturated heterocycles. The first-order valence-electron chi connectivity index (χ1n) is 12.9. The van der Waals surface area contributed by atoms with Crippen molar-refractivity contribution in [2.75, 3.05) is 43.0 Å². The topological polar surface area (TPSA) is 133 Å². The van der Waals surface area contributed by atoms with Gasteiger partial charge in [-0.3, -0.25) is 4.72 Å². The summed E-state index contributed by atoms with van der Waals surface area (Å²) in [5.74, 6) is 0.407. The number of aromatic nitrogens is 2. The van der Waals surface area contributed by atoms with Crippen LogP contribution in [0.15, 0.2) is 69.5 Å². The zero-order valence-corrected chi connectivity index (χ0v) is 25.3. The molecule has 1 aliphatic heterocycles. The second-order valence-corrected chi connectivity index (χ2v) is 14.5. The summed E-state index contributed by atoms with van der Waals surface area (Å²) in [6.45, 7) is 1.53. The summed E-state index contributed by atoms with van der Waals surface area (Å²) in [6, 6.07) is 11.6. The fraction of sp³-hybridized carbons (Fsp3) is 0.385. The predicted octanol–water partition coefficient (Wildman–Crippen LogP) is 3.74. The maximum Gasteiger partial charge on any atom is 0.501 e. The monoisotopic (exact) mass is 644 g/mol. The summed E-state index contributed by atoms with van der Waals surface area (Å²) in [6.07, 6.45) is 2.09. The van der Waals surface area contributed by atoms with Crippen LogP contribution in [0.25, 0.3) is 0 Å². The number of fused-ring (bicyclic) bond motifs is 1. The number of sulfone groups is 1. The van der Waals surface area contributed by atoms with E-state index in [1.54, 1.807) is 0 Å². The highest BCUT2D eigenvalue weighted by atomic mass is 32.2. The first-order chi connectivity index (χ1) is 19.8. The Kier molecular flexibility index (Phi) is 10.0. The Morgan fingerprint density at radius 1 is 1.07 bits per heavy atom. The SMILES string of the molecule is CN(C)CCC(CSc1ccccc1)Nc1ccc(S(=O)(=O)Nc2ncnc3c2CCNC3)cc1S(=O)(=O)C(F)(F)F. The van der Waals surface area contributed by atoms with Gasteiger partial charge < -0.3 is 15.5 Å². The number of sulfonamides is 1. The summed E-state index contributed by atoms with van der Waals surface area (Å²) in [7, 11) is -6.75. The van der Waals surface area contributed by atoms with Crippen molar-refractivity contribution in [3.8, 4) is 0 Å². The first-order valence-corrected chi connectivity index (χ1v) is 16.8. The van der Waals surface area contributed by atoms with Gasteiger partial charge in [0.25, 0.3) is 19.9 Å². The number of thioether (sulfide) groups is 1. The van der Waals surface area contributed by atoms with Gasteiger partial charge in [-0.2, -0.15) is 13.2 Å². The Balaban J connectivity index is 1.69. The zero-order chi connectivity index (χ0) is 30.5. The lowest BCUT2D eigenvalue weighted by atomic mass is 10.1. The average molecular weight is 645 g/mol. The summed E-state index contributed by atoms with van der Waals surface area (Å²) >= 11 is 1.46. The molecule has 0 amide bonds. The molecule has 0 aliphatic carbocycles. The molecule has 0 fully saturated rings. The van der Waals surface area contributed by atoms with Gasteiger partial charge in [0.2, 0.25) is 0 Å². The standard InChI is InChI=1S/C26H31F3N6O4S3/c1-35(2)13-11-18(16-40-19-6-4-3-5-7-19)33-22-9-8-20(14-24(22)41(36,37)26(27,28)29)42(38,39)34-25-21-10-12-30-15-23(21)31-17-32-25/h3-9,14,17-18,30,33H,10-13,15-16H2,1-2H3,(H,31,32,34). The summed E-state index contributed by atoms with van der Waals surface area (Å²) < 4.78 is 95.7. The molecule has 2 aromatic carbocycles. The minimum Gasteiger partial charge on any atom is -0.380 e. The summed E-state index contributed by atoms with van der Waals surface area (Å²) in [5.41, 5.74) is -4.85. The lowest BCUT2D eigenvalue weighted by Crippen LogP contribution is -2.30. The molecule has 2 heterocycles. The molecule has 3 N–H and O–H groups in total. The number of rotatable bonds is 12. The number of hydrogen-bond donors (Lipinski definition) is 3. The van der Waals surface area contributed by atoms with Gasteiger partial charge in [0, 0.05) is 28.8 Å². The lowest BCUT2D eigenvalue weighted by molar-refractivity contribution is -0.0435. The van der Waals surface area contributed by atoms with E-state index in [2.05, 4.69) is 25.3 Å². The number of anilines is 2. The quantitative estimate of drug-likeness (QED) is 0.251. The van der Waals surface area contributed by atoms with Crippen LogP contribution in [0.1, 0.15) is 17.7 Å². The van der Waals surface area contributed by atoms with E-state index in [0.29, 0.717) is 55.6 Å². The third kappa shape index (κ3) is 7.72. The molecular formula is C26H31F3N6O4S3. The van der Waals surface area contributed by atoms with Crippen LogP contribution < -0.4 is 15.4 Å². The van der Waals surface area contributed by atoms with E-state index < -0.39 is 41.2 Å². The van der Waals surface area contributed by atoms with Crippen LogP contribution in [-0.4, -0.2) is 76.2 Å². The van der Waals surface area contributed by atoms with Crippen LogP contribution in [-0.2, 0) is 32.8 Å². The fourth-order valence-corrected chi connectivity index (χ4v) is 7.32. The van der Waals surface area contributed by atoms with Crippen molar-refractivity contribution >= 4 is 43.1 Å². The highest BCUT2D eigenvalue weighted by molar-refractivity contribution is 7.99. The van der Waals surface area contributed by atoms with Gasteiger partial charge in [-0.05, 0) is 70.4 Å². The average Bonchev–Trinajstić information content (AvgIpc) is 2.94. The van der Waals surface area contributed by atoms with E-state index in [1.807, 2.05) is 49.3 Å². The van der Waals surface area contributed by atoms with Gasteiger partial charge in [0.15, 0.2) is 0 Å². The third-order valence-electron chi connectivity index (χ3n) is 6.45. The van der Waals surface area contributed by atoms with Crippen molar-refractivity contribution in [3.05, 3.63) is 66.1 Å². The zero-order valence-electron chi connectivity index (χ0n) is 22.8. The number of halogens is 3. The van der Waals surface area contributed by atoms with Gasteiger partial charge in [0.1, 0.15) is 17.0 Å². The third-order valence-corrected chi connectivity index (χ3v) is 10.5. The fourth-order valence-electron chi connectivity index (χ4n) is 4.24. The molecule has 1 atom stereocenters. The molecule has 42 heavy (non-hydrogen) atoms. The Hall–Kier alpha value is -2.92. The van der Waals surface area contributed by atoms with Crippen molar-refractivity contribution < 1.29 is 30.0 Å². The number of hydrogen-bond acceptors (Lipinski definition) is 10. The van der Waals surface area contributed by atoms with Crippen LogP contribution in [0.5, 0.6) is 0 Å². The molecular weight excluding hydrogens is 614 g/mol. The predicted molar refractivity (Wildman–Crippen MR) is 156 cm³/mol. The maximum atomic E-state index is 13.8. The molecule has 16 heteroatoms. The Morgan fingerprint density at radius 2 is 1.81 bits per heavy atom. The lowest BCUT2D eigenvalue weighted by Gasteiger charge is -2.24. The number of nitrogens with one attached hydrogen (secondary N) is 3. The van der Waals surface area contributed by atoms with Crippen LogP contribution in [0.2, 0.25) is 0 Å². The second-order valence-electron chi connectivity index (χ2n) is 9.84. The van der Waals surface area contributed by atoms with Crippen molar-refractivity contribution in [2.24, 2.45) is 0 Å². The van der Waals surface area contributed by atoms with E-state index in [0.717, 1.165) is 17.0 Å². The van der Waals surface area contributed by atoms with Crippen LogP contribution in [0, 0.1) is 0 Å². The molecule has 0 saturated carbocycles. The highest BCUT2D eigenvalue weighted by Gasteiger charge is 2.48. The summed E-state index contributed by atoms with van der Waals surface area (Å²) in [5, 5.41) is 6.06. The van der Waals surface area contributed by atoms with E-state index in [-0.39, 0.29) is 11.5 Å². The molecule has 0 spiro atoms. The van der Waals surface area contributed by atoms with Crippen LogP contribution >= 0.6 is 11.8 Å². The van der Waals surface area contributed by atoms with E-state index in [1.165, 1.54) is 18.1 Å². The molecule has 1 aliphatic rings. The Bertz CT molecular complexity index is 1610. The van der Waals surface area contributed by atoms with Gasteiger partial charge >= 0.3 is 5.51 Å². The van der Waals surface area contributed by atoms with Gasteiger partial charge in [-0.25, -0.2) is 26.8 Å². The van der Waals surface area contributed by atoms with Crippen molar-refractivity contribution in [2.45, 2.75) is 45.6 Å². The van der Waals surface area contributed by atoms with Gasteiger partial charge in [0.05, 0.1) is 16.3 Å². The van der Waals surface area contributed by atoms with Crippen LogP contribution in [0.3, 0.4) is 0 Å². The molecule has 0 bridgehead atoms. The molecule has 0 radical (unpaired) electrons. The van der Waals surface area contributed by atoms with Gasteiger partial charge in [-0.15, -0.1) is 11.8 Å². The largest absolute Gasteiger partial charge is 0.501 e. The maximum absolute atomic E-state index is 13.8. The van der Waals surface area contributed by atoms with E-state index in [4.69, 9.17) is 0 Å². The Morgan fingerprint density at radius 3 is 2.50 bits per heavy atom. The van der Waals surface area contributed by atoms with Gasteiger partial charge in [-0.1, -0.05) is 18.2 Å². The smallest absolute Gasteiger partial charge is 0.380 e. The first kappa shape index (κ1) is 32.0. The number of alkyl halides is 3. The summed E-state index contributed by atoms with van der Waals surface area (Å²) in [4.78, 5) is 9.15. The Labute approximate surface area is 247 Å². The normalized spacial score (nSPS) is 14.8. The minimum atomic E-state index is -5.93. The van der Waals surface area contributed by atoms with E-state index >= 15 is 0 Å². The molecule has 3 aromatic rings. The molecule has 1 aromatic heterocycles. The molecule has 4 rings (SSSR count).